The summed E-state index contributed by atoms with van der Waals surface area (Å²) in [7, 11) is 3.16. The van der Waals surface area contributed by atoms with Crippen LogP contribution in [-0.2, 0) is 11.2 Å². The monoisotopic (exact) mass is 241 g/mol. The number of aromatic nitrogens is 1. The molecule has 0 fully saturated rings. The highest BCUT2D eigenvalue weighted by Crippen LogP contribution is 2.29. The molecule has 0 saturated carbocycles. The van der Waals surface area contributed by atoms with Crippen LogP contribution in [0, 0.1) is 0 Å². The molecular formula is C11H15NO3S. The number of thiocarbonyl (C=S) groups is 1. The first kappa shape index (κ1) is 12.7. The molecule has 0 spiro atoms. The maximum Gasteiger partial charge on any atom is 0.182 e. The normalized spacial score (nSPS) is 9.69. The van der Waals surface area contributed by atoms with Crippen LogP contribution in [-0.4, -0.2) is 30.9 Å². The lowest BCUT2D eigenvalue weighted by Gasteiger charge is -2.11. The van der Waals surface area contributed by atoms with Gasteiger partial charge in [-0.3, -0.25) is 4.98 Å². The first-order valence-corrected chi connectivity index (χ1v) is 5.35. The van der Waals surface area contributed by atoms with E-state index >= 15 is 0 Å². The van der Waals surface area contributed by atoms with Gasteiger partial charge in [0, 0.05) is 12.3 Å². The molecule has 1 heterocycles. The van der Waals surface area contributed by atoms with Gasteiger partial charge in [-0.15, -0.1) is 0 Å². The van der Waals surface area contributed by atoms with Gasteiger partial charge in [0.2, 0.25) is 0 Å². The number of methoxy groups -OCH3 is 2. The minimum Gasteiger partial charge on any atom is -0.493 e. The maximum absolute atomic E-state index is 5.24. The van der Waals surface area contributed by atoms with Crippen molar-refractivity contribution >= 4 is 17.3 Å². The van der Waals surface area contributed by atoms with Crippen LogP contribution in [0.1, 0.15) is 12.6 Å². The predicted octanol–water partition coefficient (Wildman–Crippen LogP) is 2.01. The predicted molar refractivity (Wildman–Crippen MR) is 65.3 cm³/mol. The molecule has 0 radical (unpaired) electrons. The van der Waals surface area contributed by atoms with Gasteiger partial charge in [-0.25, -0.2) is 0 Å². The third-order valence-electron chi connectivity index (χ3n) is 1.98. The topological polar surface area (TPSA) is 40.6 Å². The maximum atomic E-state index is 5.24. The summed E-state index contributed by atoms with van der Waals surface area (Å²) in [5.41, 5.74) is 0.723. The fraction of sp³-hybridized carbons (Fsp3) is 0.455. The molecule has 1 aromatic heterocycles. The third-order valence-corrected chi connectivity index (χ3v) is 2.25. The van der Waals surface area contributed by atoms with Crippen LogP contribution in [0.3, 0.4) is 0 Å². The third kappa shape index (κ3) is 3.06. The lowest BCUT2D eigenvalue weighted by Crippen LogP contribution is -2.08. The highest BCUT2D eigenvalue weighted by atomic mass is 32.1. The van der Waals surface area contributed by atoms with E-state index in [4.69, 9.17) is 26.4 Å². The smallest absolute Gasteiger partial charge is 0.182 e. The first-order chi connectivity index (χ1) is 7.72. The lowest BCUT2D eigenvalue weighted by molar-refractivity contribution is 0.326. The van der Waals surface area contributed by atoms with E-state index in [-0.39, 0.29) is 0 Å². The van der Waals surface area contributed by atoms with Crippen molar-refractivity contribution in [3.63, 3.8) is 0 Å². The Kier molecular flexibility index (Phi) is 4.98. The quantitative estimate of drug-likeness (QED) is 0.737. The molecule has 0 unspecified atom stereocenters. The molecule has 0 saturated heterocycles. The molecule has 88 valence electrons. The van der Waals surface area contributed by atoms with Crippen LogP contribution in [0.2, 0.25) is 0 Å². The molecular weight excluding hydrogens is 226 g/mol. The lowest BCUT2D eigenvalue weighted by atomic mass is 10.2. The molecule has 0 bridgehead atoms. The van der Waals surface area contributed by atoms with Crippen LogP contribution >= 0.6 is 12.2 Å². The van der Waals surface area contributed by atoms with Gasteiger partial charge in [0.1, 0.15) is 0 Å². The van der Waals surface area contributed by atoms with E-state index in [1.165, 1.54) is 0 Å². The standard InChI is InChI=1S/C11H15NO3S/c1-4-15-10(16)7-8-11(14-3)9(13-2)5-6-12-8/h5-6H,4,7H2,1-3H3. The molecule has 0 N–H and O–H groups in total. The summed E-state index contributed by atoms with van der Waals surface area (Å²) in [6.07, 6.45) is 2.11. The molecule has 5 heteroatoms. The summed E-state index contributed by atoms with van der Waals surface area (Å²) in [4.78, 5) is 4.21. The van der Waals surface area contributed by atoms with E-state index in [1.54, 1.807) is 26.5 Å². The Morgan fingerprint density at radius 3 is 2.69 bits per heavy atom. The second-order valence-electron chi connectivity index (χ2n) is 2.97. The molecule has 0 aliphatic rings. The van der Waals surface area contributed by atoms with Crippen molar-refractivity contribution in [3.05, 3.63) is 18.0 Å². The summed E-state index contributed by atoms with van der Waals surface area (Å²) in [5.74, 6) is 1.25. The molecule has 1 aromatic rings. The van der Waals surface area contributed by atoms with Gasteiger partial charge in [0.15, 0.2) is 16.5 Å². The number of pyridine rings is 1. The van der Waals surface area contributed by atoms with Crippen LogP contribution in [0.15, 0.2) is 12.3 Å². The molecule has 0 aliphatic carbocycles. The highest BCUT2D eigenvalue weighted by Gasteiger charge is 2.12. The first-order valence-electron chi connectivity index (χ1n) is 4.94. The molecule has 0 aliphatic heterocycles. The average Bonchev–Trinajstić information content (AvgIpc) is 2.29. The SMILES string of the molecule is CCOC(=S)Cc1nccc(OC)c1OC. The largest absolute Gasteiger partial charge is 0.493 e. The number of hydrogen-bond donors (Lipinski definition) is 0. The van der Waals surface area contributed by atoms with Crippen molar-refractivity contribution in [2.24, 2.45) is 0 Å². The fourth-order valence-electron chi connectivity index (χ4n) is 1.33. The van der Waals surface area contributed by atoms with Gasteiger partial charge in [0.05, 0.1) is 32.9 Å². The van der Waals surface area contributed by atoms with Crippen molar-refractivity contribution < 1.29 is 14.2 Å². The Morgan fingerprint density at radius 1 is 1.38 bits per heavy atom. The Morgan fingerprint density at radius 2 is 2.12 bits per heavy atom. The van der Waals surface area contributed by atoms with Crippen molar-refractivity contribution in [1.82, 2.24) is 4.98 Å². The van der Waals surface area contributed by atoms with Crippen molar-refractivity contribution in [2.45, 2.75) is 13.3 Å². The van der Waals surface area contributed by atoms with Gasteiger partial charge < -0.3 is 14.2 Å². The van der Waals surface area contributed by atoms with Crippen molar-refractivity contribution in [1.29, 1.82) is 0 Å². The second-order valence-corrected chi connectivity index (χ2v) is 3.43. The van der Waals surface area contributed by atoms with E-state index in [1.807, 2.05) is 6.92 Å². The van der Waals surface area contributed by atoms with Gasteiger partial charge in [-0.2, -0.15) is 0 Å². The Labute approximate surface area is 101 Å². The van der Waals surface area contributed by atoms with E-state index in [0.717, 1.165) is 5.69 Å². The zero-order valence-electron chi connectivity index (χ0n) is 9.65. The molecule has 16 heavy (non-hydrogen) atoms. The van der Waals surface area contributed by atoms with Crippen molar-refractivity contribution in [3.8, 4) is 11.5 Å². The summed E-state index contributed by atoms with van der Waals surface area (Å²) in [5, 5.41) is 0.501. The number of rotatable bonds is 5. The summed E-state index contributed by atoms with van der Waals surface area (Å²) >= 11 is 5.06. The highest BCUT2D eigenvalue weighted by molar-refractivity contribution is 7.80. The molecule has 0 atom stereocenters. The van der Waals surface area contributed by atoms with Crippen LogP contribution < -0.4 is 9.47 Å². The molecule has 0 aromatic carbocycles. The van der Waals surface area contributed by atoms with Crippen LogP contribution in [0.4, 0.5) is 0 Å². The number of hydrogen-bond acceptors (Lipinski definition) is 5. The molecule has 1 rings (SSSR count). The Balaban J connectivity index is 2.90. The van der Waals surface area contributed by atoms with Gasteiger partial charge in [-0.05, 0) is 19.1 Å². The second kappa shape index (κ2) is 6.27. The zero-order chi connectivity index (χ0) is 12.0. The summed E-state index contributed by atoms with van der Waals surface area (Å²) < 4.78 is 15.6. The number of nitrogens with zero attached hydrogens (tertiary/aromatic N) is 1. The van der Waals surface area contributed by atoms with Crippen molar-refractivity contribution in [2.75, 3.05) is 20.8 Å². The van der Waals surface area contributed by atoms with Gasteiger partial charge in [0.25, 0.3) is 0 Å². The van der Waals surface area contributed by atoms with Crippen LogP contribution in [0.5, 0.6) is 11.5 Å². The average molecular weight is 241 g/mol. The summed E-state index contributed by atoms with van der Waals surface area (Å²) in [6, 6.07) is 1.74. The number of ether oxygens (including phenoxy) is 3. The minimum atomic E-state index is 0.448. The molecule has 0 amide bonds. The van der Waals surface area contributed by atoms with E-state index in [2.05, 4.69) is 4.98 Å². The Bertz CT molecular complexity index is 368. The summed E-state index contributed by atoms with van der Waals surface area (Å²) in [6.45, 7) is 2.45. The van der Waals surface area contributed by atoms with E-state index < -0.39 is 0 Å². The Hall–Kier alpha value is -1.36. The van der Waals surface area contributed by atoms with Crippen LogP contribution in [0.25, 0.3) is 0 Å². The molecule has 4 nitrogen and oxygen atoms in total. The van der Waals surface area contributed by atoms with Gasteiger partial charge >= 0.3 is 0 Å². The van der Waals surface area contributed by atoms with E-state index in [0.29, 0.717) is 29.6 Å². The van der Waals surface area contributed by atoms with E-state index in [9.17, 15) is 0 Å². The van der Waals surface area contributed by atoms with Gasteiger partial charge in [-0.1, -0.05) is 0 Å². The zero-order valence-corrected chi connectivity index (χ0v) is 10.5. The minimum absolute atomic E-state index is 0.448. The fourth-order valence-corrected chi connectivity index (χ4v) is 1.58.